The fraction of sp³-hybridized carbons (Fsp3) is 0.643. The molecule has 1 aliphatic carbocycles. The Morgan fingerprint density at radius 3 is 3.22 bits per heavy atom. The van der Waals surface area contributed by atoms with Gasteiger partial charge in [0.1, 0.15) is 0 Å². The van der Waals surface area contributed by atoms with Crippen LogP contribution >= 0.6 is 0 Å². The fourth-order valence-corrected chi connectivity index (χ4v) is 2.51. The van der Waals surface area contributed by atoms with Crippen molar-refractivity contribution in [1.29, 1.82) is 0 Å². The first-order valence-electron chi connectivity index (χ1n) is 6.84. The summed E-state index contributed by atoms with van der Waals surface area (Å²) in [5, 5.41) is 3.55. The SMILES string of the molecule is CCOCCCNC1CCCc2[nH]c(=O)ccc21. The van der Waals surface area contributed by atoms with Gasteiger partial charge in [0.05, 0.1) is 0 Å². The van der Waals surface area contributed by atoms with Crippen molar-refractivity contribution in [3.05, 3.63) is 33.7 Å². The van der Waals surface area contributed by atoms with E-state index in [1.165, 1.54) is 5.56 Å². The van der Waals surface area contributed by atoms with Crippen molar-refractivity contribution in [1.82, 2.24) is 10.3 Å². The van der Waals surface area contributed by atoms with Crippen molar-refractivity contribution in [2.45, 2.75) is 38.6 Å². The number of fused-ring (bicyclic) bond motifs is 1. The first-order chi connectivity index (χ1) is 8.81. The zero-order chi connectivity index (χ0) is 12.8. The molecule has 1 unspecified atom stereocenters. The van der Waals surface area contributed by atoms with Crippen LogP contribution in [0.4, 0.5) is 0 Å². The third-order valence-electron chi connectivity index (χ3n) is 3.39. The molecule has 0 bridgehead atoms. The standard InChI is InChI=1S/C14H22N2O2/c1-2-18-10-4-9-15-12-5-3-6-13-11(12)7-8-14(17)16-13/h7-8,12,15H,2-6,9-10H2,1H3,(H,16,17). The highest BCUT2D eigenvalue weighted by Crippen LogP contribution is 2.27. The predicted octanol–water partition coefficient (Wildman–Crippen LogP) is 1.77. The van der Waals surface area contributed by atoms with E-state index in [1.54, 1.807) is 6.07 Å². The largest absolute Gasteiger partial charge is 0.382 e. The van der Waals surface area contributed by atoms with Crippen LogP contribution in [0.25, 0.3) is 0 Å². The molecule has 1 aliphatic rings. The summed E-state index contributed by atoms with van der Waals surface area (Å²) in [4.78, 5) is 14.2. The second-order valence-corrected chi connectivity index (χ2v) is 4.71. The third-order valence-corrected chi connectivity index (χ3v) is 3.39. The van der Waals surface area contributed by atoms with Crippen molar-refractivity contribution in [3.63, 3.8) is 0 Å². The second-order valence-electron chi connectivity index (χ2n) is 4.71. The fourth-order valence-electron chi connectivity index (χ4n) is 2.51. The predicted molar refractivity (Wildman–Crippen MR) is 71.9 cm³/mol. The Labute approximate surface area is 108 Å². The number of rotatable bonds is 6. The van der Waals surface area contributed by atoms with Gasteiger partial charge in [-0.3, -0.25) is 4.79 Å². The summed E-state index contributed by atoms with van der Waals surface area (Å²) in [5.74, 6) is 0. The summed E-state index contributed by atoms with van der Waals surface area (Å²) >= 11 is 0. The number of nitrogens with one attached hydrogen (secondary N) is 2. The van der Waals surface area contributed by atoms with Gasteiger partial charge in [0.2, 0.25) is 5.56 Å². The topological polar surface area (TPSA) is 54.1 Å². The number of pyridine rings is 1. The number of hydrogen-bond acceptors (Lipinski definition) is 3. The summed E-state index contributed by atoms with van der Waals surface area (Å²) < 4.78 is 5.32. The molecular weight excluding hydrogens is 228 g/mol. The lowest BCUT2D eigenvalue weighted by atomic mass is 9.91. The van der Waals surface area contributed by atoms with Gasteiger partial charge in [-0.25, -0.2) is 0 Å². The molecule has 0 saturated carbocycles. The molecule has 0 radical (unpaired) electrons. The quantitative estimate of drug-likeness (QED) is 0.757. The van der Waals surface area contributed by atoms with Gasteiger partial charge in [0, 0.05) is 31.0 Å². The number of aryl methyl sites for hydroxylation is 1. The van der Waals surface area contributed by atoms with Gasteiger partial charge >= 0.3 is 0 Å². The van der Waals surface area contributed by atoms with Crippen molar-refractivity contribution >= 4 is 0 Å². The molecule has 2 N–H and O–H groups in total. The minimum atomic E-state index is 0.00532. The van der Waals surface area contributed by atoms with E-state index in [9.17, 15) is 4.79 Å². The van der Waals surface area contributed by atoms with Gasteiger partial charge < -0.3 is 15.0 Å². The maximum Gasteiger partial charge on any atom is 0.248 e. The van der Waals surface area contributed by atoms with Gasteiger partial charge in [0.25, 0.3) is 0 Å². The van der Waals surface area contributed by atoms with E-state index in [4.69, 9.17) is 4.74 Å². The van der Waals surface area contributed by atoms with Crippen LogP contribution in [0.2, 0.25) is 0 Å². The molecule has 0 amide bonds. The maximum atomic E-state index is 11.3. The van der Waals surface area contributed by atoms with Gasteiger partial charge in [-0.05, 0) is 44.7 Å². The van der Waals surface area contributed by atoms with Gasteiger partial charge in [-0.2, -0.15) is 0 Å². The molecule has 0 fully saturated rings. The molecule has 1 heterocycles. The molecule has 4 heteroatoms. The molecule has 18 heavy (non-hydrogen) atoms. The minimum Gasteiger partial charge on any atom is -0.382 e. The number of H-pyrrole nitrogens is 1. The number of hydrogen-bond donors (Lipinski definition) is 2. The van der Waals surface area contributed by atoms with E-state index < -0.39 is 0 Å². The van der Waals surface area contributed by atoms with Gasteiger partial charge in [-0.1, -0.05) is 6.07 Å². The molecule has 2 rings (SSSR count). The Bertz CT molecular complexity index is 428. The Morgan fingerprint density at radius 2 is 2.39 bits per heavy atom. The summed E-state index contributed by atoms with van der Waals surface area (Å²) in [5.41, 5.74) is 2.37. The van der Waals surface area contributed by atoms with E-state index in [0.717, 1.165) is 51.1 Å². The van der Waals surface area contributed by atoms with E-state index in [2.05, 4.69) is 10.3 Å². The number of aromatic nitrogens is 1. The van der Waals surface area contributed by atoms with Crippen LogP contribution in [-0.4, -0.2) is 24.7 Å². The average molecular weight is 250 g/mol. The Hall–Kier alpha value is -1.13. The normalized spacial score (nSPS) is 18.6. The smallest absolute Gasteiger partial charge is 0.248 e. The molecule has 0 aliphatic heterocycles. The van der Waals surface area contributed by atoms with E-state index in [0.29, 0.717) is 6.04 Å². The monoisotopic (exact) mass is 250 g/mol. The molecule has 0 spiro atoms. The Balaban J connectivity index is 1.89. The summed E-state index contributed by atoms with van der Waals surface area (Å²) in [6.07, 6.45) is 4.30. The summed E-state index contributed by atoms with van der Waals surface area (Å²) in [6, 6.07) is 3.97. The molecule has 1 aromatic heterocycles. The second kappa shape index (κ2) is 6.71. The van der Waals surface area contributed by atoms with Crippen LogP contribution in [-0.2, 0) is 11.2 Å². The average Bonchev–Trinajstić information content (AvgIpc) is 2.38. The molecule has 0 saturated heterocycles. The third kappa shape index (κ3) is 3.43. The van der Waals surface area contributed by atoms with E-state index >= 15 is 0 Å². The van der Waals surface area contributed by atoms with Crippen molar-refractivity contribution in [2.24, 2.45) is 0 Å². The zero-order valence-electron chi connectivity index (χ0n) is 11.0. The lowest BCUT2D eigenvalue weighted by molar-refractivity contribution is 0.144. The number of aromatic amines is 1. The molecular formula is C14H22N2O2. The van der Waals surface area contributed by atoms with Gasteiger partial charge in [-0.15, -0.1) is 0 Å². The Kier molecular flexibility index (Phi) is 4.96. The molecule has 4 nitrogen and oxygen atoms in total. The Morgan fingerprint density at radius 1 is 1.50 bits per heavy atom. The van der Waals surface area contributed by atoms with Crippen molar-refractivity contribution < 1.29 is 4.74 Å². The first-order valence-corrected chi connectivity index (χ1v) is 6.84. The summed E-state index contributed by atoms with van der Waals surface area (Å²) in [6.45, 7) is 4.58. The van der Waals surface area contributed by atoms with Crippen LogP contribution < -0.4 is 10.9 Å². The maximum absolute atomic E-state index is 11.3. The highest BCUT2D eigenvalue weighted by molar-refractivity contribution is 5.26. The molecule has 0 aromatic carbocycles. The van der Waals surface area contributed by atoms with Crippen LogP contribution in [0.15, 0.2) is 16.9 Å². The molecule has 1 atom stereocenters. The molecule has 1 aromatic rings. The van der Waals surface area contributed by atoms with E-state index in [1.807, 2.05) is 13.0 Å². The summed E-state index contributed by atoms with van der Waals surface area (Å²) in [7, 11) is 0. The van der Waals surface area contributed by atoms with E-state index in [-0.39, 0.29) is 5.56 Å². The lowest BCUT2D eigenvalue weighted by Crippen LogP contribution is -2.28. The van der Waals surface area contributed by atoms with Crippen molar-refractivity contribution in [2.75, 3.05) is 19.8 Å². The highest BCUT2D eigenvalue weighted by Gasteiger charge is 2.19. The lowest BCUT2D eigenvalue weighted by Gasteiger charge is -2.26. The van der Waals surface area contributed by atoms with Crippen LogP contribution in [0.1, 0.15) is 43.5 Å². The van der Waals surface area contributed by atoms with Crippen LogP contribution in [0.5, 0.6) is 0 Å². The van der Waals surface area contributed by atoms with Crippen LogP contribution in [0, 0.1) is 0 Å². The van der Waals surface area contributed by atoms with Gasteiger partial charge in [0.15, 0.2) is 0 Å². The minimum absolute atomic E-state index is 0.00532. The van der Waals surface area contributed by atoms with Crippen LogP contribution in [0.3, 0.4) is 0 Å². The first kappa shape index (κ1) is 13.3. The highest BCUT2D eigenvalue weighted by atomic mass is 16.5. The molecule has 100 valence electrons. The number of ether oxygens (including phenoxy) is 1. The van der Waals surface area contributed by atoms with Crippen molar-refractivity contribution in [3.8, 4) is 0 Å². The zero-order valence-corrected chi connectivity index (χ0v) is 11.0.